The minimum Gasteiger partial charge on any atom is -0.486 e. The molecule has 28 heavy (non-hydrogen) atoms. The van der Waals surface area contributed by atoms with E-state index in [0.717, 1.165) is 16.6 Å². The lowest BCUT2D eigenvalue weighted by Gasteiger charge is -2.12. The standard InChI is InChI=1S/C20H16BrF2NO4/c21-13-2-4-14(5-3-13)27-11-15-6-8-19(28-15)20(26)24-10-18(25)12-1-7-16(22)17(23)9-12/h1-9,18,25H,10-11H2,(H,24,26). The number of nitrogens with one attached hydrogen (secondary N) is 1. The lowest BCUT2D eigenvalue weighted by molar-refractivity contribution is 0.0885. The number of ether oxygens (including phenoxy) is 1. The Balaban J connectivity index is 1.52. The molecule has 2 N–H and O–H groups in total. The molecular formula is C20H16BrF2NO4. The van der Waals surface area contributed by atoms with Gasteiger partial charge in [0.25, 0.3) is 5.91 Å². The number of amides is 1. The third-order valence-electron chi connectivity index (χ3n) is 3.86. The van der Waals surface area contributed by atoms with Crippen molar-refractivity contribution < 1.29 is 27.8 Å². The molecule has 8 heteroatoms. The van der Waals surface area contributed by atoms with Gasteiger partial charge in [-0.3, -0.25) is 4.79 Å². The molecule has 0 spiro atoms. The topological polar surface area (TPSA) is 71.7 Å². The number of aliphatic hydroxyl groups is 1. The molecule has 0 aliphatic rings. The first kappa shape index (κ1) is 20.0. The van der Waals surface area contributed by atoms with Crippen LogP contribution in [0.2, 0.25) is 0 Å². The van der Waals surface area contributed by atoms with Gasteiger partial charge in [-0.05, 0) is 54.1 Å². The molecule has 0 saturated carbocycles. The van der Waals surface area contributed by atoms with Crippen molar-refractivity contribution in [1.29, 1.82) is 0 Å². The largest absolute Gasteiger partial charge is 0.486 e. The van der Waals surface area contributed by atoms with Crippen molar-refractivity contribution in [3.8, 4) is 5.75 Å². The van der Waals surface area contributed by atoms with E-state index in [2.05, 4.69) is 21.2 Å². The molecule has 2 aromatic carbocycles. The molecule has 0 aliphatic heterocycles. The number of hydrogen-bond acceptors (Lipinski definition) is 4. The zero-order valence-electron chi connectivity index (χ0n) is 14.5. The Kier molecular flexibility index (Phi) is 6.43. The van der Waals surface area contributed by atoms with Gasteiger partial charge in [0.05, 0.1) is 6.10 Å². The average molecular weight is 452 g/mol. The molecule has 3 aromatic rings. The van der Waals surface area contributed by atoms with E-state index < -0.39 is 23.6 Å². The van der Waals surface area contributed by atoms with E-state index in [-0.39, 0.29) is 24.5 Å². The molecule has 1 atom stereocenters. The molecule has 1 unspecified atom stereocenters. The van der Waals surface area contributed by atoms with Crippen LogP contribution < -0.4 is 10.1 Å². The Morgan fingerprint density at radius 2 is 1.86 bits per heavy atom. The molecule has 0 bridgehead atoms. The monoisotopic (exact) mass is 451 g/mol. The highest BCUT2D eigenvalue weighted by Gasteiger charge is 2.15. The maximum atomic E-state index is 13.2. The van der Waals surface area contributed by atoms with Gasteiger partial charge in [0.2, 0.25) is 0 Å². The highest BCUT2D eigenvalue weighted by molar-refractivity contribution is 9.10. The van der Waals surface area contributed by atoms with Crippen molar-refractivity contribution in [3.05, 3.63) is 87.8 Å². The van der Waals surface area contributed by atoms with Gasteiger partial charge < -0.3 is 19.6 Å². The number of halogens is 3. The molecule has 0 radical (unpaired) electrons. The zero-order chi connectivity index (χ0) is 20.1. The van der Waals surface area contributed by atoms with Crippen molar-refractivity contribution in [2.24, 2.45) is 0 Å². The van der Waals surface area contributed by atoms with Crippen LogP contribution in [0.25, 0.3) is 0 Å². The van der Waals surface area contributed by atoms with Gasteiger partial charge in [-0.15, -0.1) is 0 Å². The first-order valence-electron chi connectivity index (χ1n) is 8.30. The van der Waals surface area contributed by atoms with Gasteiger partial charge in [0, 0.05) is 11.0 Å². The summed E-state index contributed by atoms with van der Waals surface area (Å²) >= 11 is 3.34. The number of furan rings is 1. The molecule has 1 heterocycles. The zero-order valence-corrected chi connectivity index (χ0v) is 16.1. The third-order valence-corrected chi connectivity index (χ3v) is 4.39. The van der Waals surface area contributed by atoms with Gasteiger partial charge in [-0.1, -0.05) is 22.0 Å². The van der Waals surface area contributed by atoms with Crippen molar-refractivity contribution in [1.82, 2.24) is 5.32 Å². The van der Waals surface area contributed by atoms with Crippen LogP contribution in [0, 0.1) is 11.6 Å². The Hall–Kier alpha value is -2.71. The van der Waals surface area contributed by atoms with Gasteiger partial charge in [0.15, 0.2) is 17.4 Å². The van der Waals surface area contributed by atoms with Crippen molar-refractivity contribution >= 4 is 21.8 Å². The van der Waals surface area contributed by atoms with Gasteiger partial charge in [0.1, 0.15) is 18.1 Å². The summed E-state index contributed by atoms with van der Waals surface area (Å²) < 4.78 is 38.1. The van der Waals surface area contributed by atoms with Crippen LogP contribution in [0.5, 0.6) is 5.75 Å². The minimum absolute atomic E-state index is 0.0480. The first-order chi connectivity index (χ1) is 13.4. The van der Waals surface area contributed by atoms with Gasteiger partial charge in [-0.25, -0.2) is 8.78 Å². The molecule has 1 amide bonds. The normalized spacial score (nSPS) is 11.9. The van der Waals surface area contributed by atoms with Crippen LogP contribution in [0.1, 0.15) is 28.0 Å². The maximum Gasteiger partial charge on any atom is 0.287 e. The number of aliphatic hydroxyl groups excluding tert-OH is 1. The fourth-order valence-electron chi connectivity index (χ4n) is 2.38. The number of benzene rings is 2. The summed E-state index contributed by atoms with van der Waals surface area (Å²) in [6, 6.07) is 13.4. The predicted octanol–water partition coefficient (Wildman–Crippen LogP) is 4.36. The predicted molar refractivity (Wildman–Crippen MR) is 101 cm³/mol. The van der Waals surface area contributed by atoms with Crippen molar-refractivity contribution in [2.45, 2.75) is 12.7 Å². The van der Waals surface area contributed by atoms with Crippen molar-refractivity contribution in [3.63, 3.8) is 0 Å². The summed E-state index contributed by atoms with van der Waals surface area (Å²) in [5.74, 6) is -1.46. The third kappa shape index (κ3) is 5.17. The van der Waals surface area contributed by atoms with E-state index >= 15 is 0 Å². The summed E-state index contributed by atoms with van der Waals surface area (Å²) in [7, 11) is 0. The number of carbonyl (C=O) groups excluding carboxylic acids is 1. The van der Waals surface area contributed by atoms with Crippen LogP contribution >= 0.6 is 15.9 Å². The summed E-state index contributed by atoms with van der Waals surface area (Å²) in [5.41, 5.74) is 0.155. The first-order valence-corrected chi connectivity index (χ1v) is 9.10. The molecule has 5 nitrogen and oxygen atoms in total. The highest BCUT2D eigenvalue weighted by Crippen LogP contribution is 2.19. The minimum atomic E-state index is -1.19. The van der Waals surface area contributed by atoms with Gasteiger partial charge >= 0.3 is 0 Å². The van der Waals surface area contributed by atoms with E-state index in [1.807, 2.05) is 12.1 Å². The SMILES string of the molecule is O=C(NCC(O)c1ccc(F)c(F)c1)c1ccc(COc2ccc(Br)cc2)o1. The second-order valence-electron chi connectivity index (χ2n) is 5.91. The molecule has 146 valence electrons. The van der Waals surface area contributed by atoms with E-state index in [0.29, 0.717) is 11.5 Å². The van der Waals surface area contributed by atoms with Crippen molar-refractivity contribution in [2.75, 3.05) is 6.54 Å². The van der Waals surface area contributed by atoms with E-state index in [1.165, 1.54) is 12.1 Å². The van der Waals surface area contributed by atoms with Crippen LogP contribution in [-0.2, 0) is 6.61 Å². The summed E-state index contributed by atoms with van der Waals surface area (Å²) in [6.07, 6.45) is -1.19. The second-order valence-corrected chi connectivity index (χ2v) is 6.82. The van der Waals surface area contributed by atoms with Gasteiger partial charge in [-0.2, -0.15) is 0 Å². The van der Waals surface area contributed by atoms with E-state index in [9.17, 15) is 18.7 Å². The lowest BCUT2D eigenvalue weighted by atomic mass is 10.1. The van der Waals surface area contributed by atoms with Crippen LogP contribution in [-0.4, -0.2) is 17.6 Å². The lowest BCUT2D eigenvalue weighted by Crippen LogP contribution is -2.28. The van der Waals surface area contributed by atoms with Crippen LogP contribution in [0.4, 0.5) is 8.78 Å². The summed E-state index contributed by atoms with van der Waals surface area (Å²) in [6.45, 7) is -0.0400. The fourth-order valence-corrected chi connectivity index (χ4v) is 2.64. The Labute approximate surface area is 168 Å². The fraction of sp³-hybridized carbons (Fsp3) is 0.150. The highest BCUT2D eigenvalue weighted by atomic mass is 79.9. The smallest absolute Gasteiger partial charge is 0.287 e. The molecule has 0 aliphatic carbocycles. The molecule has 3 rings (SSSR count). The number of rotatable bonds is 7. The number of carbonyl (C=O) groups is 1. The Morgan fingerprint density at radius 3 is 2.57 bits per heavy atom. The Bertz CT molecular complexity index is 959. The van der Waals surface area contributed by atoms with Crippen LogP contribution in [0.15, 0.2) is 63.5 Å². The average Bonchev–Trinajstić information content (AvgIpc) is 3.16. The van der Waals surface area contributed by atoms with E-state index in [4.69, 9.17) is 9.15 Å². The summed E-state index contributed by atoms with van der Waals surface area (Å²) in [5, 5.41) is 12.5. The second kappa shape index (κ2) is 8.99. The van der Waals surface area contributed by atoms with E-state index in [1.54, 1.807) is 18.2 Å². The molecular weight excluding hydrogens is 436 g/mol. The molecule has 1 aromatic heterocycles. The molecule has 0 saturated heterocycles. The molecule has 0 fully saturated rings. The number of hydrogen-bond donors (Lipinski definition) is 2. The van der Waals surface area contributed by atoms with Crippen LogP contribution in [0.3, 0.4) is 0 Å². The maximum absolute atomic E-state index is 13.2. The Morgan fingerprint density at radius 1 is 1.11 bits per heavy atom. The summed E-state index contributed by atoms with van der Waals surface area (Å²) in [4.78, 5) is 12.1. The quantitative estimate of drug-likeness (QED) is 0.559.